The van der Waals surface area contributed by atoms with Crippen molar-refractivity contribution >= 4 is 11.8 Å². The van der Waals surface area contributed by atoms with Gasteiger partial charge in [0.1, 0.15) is 0 Å². The van der Waals surface area contributed by atoms with Gasteiger partial charge in [-0.1, -0.05) is 55.1 Å². The molecule has 0 saturated heterocycles. The number of anilines is 1. The molecule has 0 unspecified atom stereocenters. The second kappa shape index (κ2) is 7.39. The van der Waals surface area contributed by atoms with E-state index in [2.05, 4.69) is 24.0 Å². The van der Waals surface area contributed by atoms with Crippen molar-refractivity contribution in [3.8, 4) is 0 Å². The summed E-state index contributed by atoms with van der Waals surface area (Å²) in [7, 11) is 0. The van der Waals surface area contributed by atoms with Gasteiger partial charge in [0.25, 0.3) is 0 Å². The van der Waals surface area contributed by atoms with Gasteiger partial charge < -0.3 is 10.1 Å². The Bertz CT molecular complexity index is 490. The van der Waals surface area contributed by atoms with E-state index in [0.717, 1.165) is 17.8 Å². The van der Waals surface area contributed by atoms with Gasteiger partial charge in [0.2, 0.25) is 0 Å². The van der Waals surface area contributed by atoms with Crippen LogP contribution < -0.4 is 5.32 Å². The third kappa shape index (κ3) is 4.60. The zero-order valence-electron chi connectivity index (χ0n) is 11.0. The fraction of sp³-hybridized carbons (Fsp3) is 0.176. The van der Waals surface area contributed by atoms with E-state index in [9.17, 15) is 0 Å². The van der Waals surface area contributed by atoms with Crippen LogP contribution in [0.3, 0.4) is 0 Å². The number of benzene rings is 2. The van der Waals surface area contributed by atoms with E-state index in [4.69, 9.17) is 4.74 Å². The molecule has 0 aromatic heterocycles. The molecule has 2 heteroatoms. The van der Waals surface area contributed by atoms with Gasteiger partial charge in [0.15, 0.2) is 0 Å². The van der Waals surface area contributed by atoms with Crippen LogP contribution in [0, 0.1) is 0 Å². The van der Waals surface area contributed by atoms with E-state index >= 15 is 0 Å². The maximum Gasteiger partial charge on any atom is 0.0717 e. The van der Waals surface area contributed by atoms with Gasteiger partial charge in [-0.3, -0.25) is 0 Å². The smallest absolute Gasteiger partial charge is 0.0717 e. The quantitative estimate of drug-likeness (QED) is 0.754. The third-order valence-electron chi connectivity index (χ3n) is 2.83. The van der Waals surface area contributed by atoms with Crippen LogP contribution in [-0.4, -0.2) is 13.2 Å². The standard InChI is InChI=1S/C17H19NO/c1-2-15-8-10-16(11-9-15)14-19-13-12-18-17-6-4-3-5-7-17/h2-11,18H,1,12-14H2. The third-order valence-corrected chi connectivity index (χ3v) is 2.83. The van der Waals surface area contributed by atoms with Gasteiger partial charge in [0, 0.05) is 12.2 Å². The normalized spacial score (nSPS) is 10.1. The number of rotatable bonds is 7. The van der Waals surface area contributed by atoms with Gasteiger partial charge >= 0.3 is 0 Å². The SMILES string of the molecule is C=Cc1ccc(COCCNc2ccccc2)cc1. The maximum atomic E-state index is 5.63. The number of para-hydroxylation sites is 1. The lowest BCUT2D eigenvalue weighted by Gasteiger charge is -2.07. The summed E-state index contributed by atoms with van der Waals surface area (Å²) < 4.78 is 5.63. The lowest BCUT2D eigenvalue weighted by atomic mass is 10.1. The van der Waals surface area contributed by atoms with Crippen molar-refractivity contribution in [1.82, 2.24) is 0 Å². The van der Waals surface area contributed by atoms with Crippen molar-refractivity contribution in [3.63, 3.8) is 0 Å². The Morgan fingerprint density at radius 1 is 1.00 bits per heavy atom. The van der Waals surface area contributed by atoms with Crippen LogP contribution in [0.15, 0.2) is 61.2 Å². The Morgan fingerprint density at radius 2 is 1.74 bits per heavy atom. The molecule has 2 nitrogen and oxygen atoms in total. The molecular formula is C17H19NO. The van der Waals surface area contributed by atoms with Crippen LogP contribution in [0.1, 0.15) is 11.1 Å². The number of ether oxygens (including phenoxy) is 1. The molecule has 98 valence electrons. The highest BCUT2D eigenvalue weighted by Crippen LogP contribution is 2.07. The Balaban J connectivity index is 1.65. The van der Waals surface area contributed by atoms with Crippen molar-refractivity contribution in [2.24, 2.45) is 0 Å². The molecular weight excluding hydrogens is 234 g/mol. The van der Waals surface area contributed by atoms with Crippen LogP contribution in [0.25, 0.3) is 6.08 Å². The van der Waals surface area contributed by atoms with Gasteiger partial charge in [-0.15, -0.1) is 0 Å². The van der Waals surface area contributed by atoms with Crippen LogP contribution in [0.4, 0.5) is 5.69 Å². The lowest BCUT2D eigenvalue weighted by Crippen LogP contribution is -2.09. The summed E-state index contributed by atoms with van der Waals surface area (Å²) in [5.41, 5.74) is 3.45. The molecule has 0 radical (unpaired) electrons. The summed E-state index contributed by atoms with van der Waals surface area (Å²) in [6, 6.07) is 18.4. The molecule has 2 aromatic carbocycles. The van der Waals surface area contributed by atoms with E-state index in [-0.39, 0.29) is 0 Å². The molecule has 0 atom stereocenters. The van der Waals surface area contributed by atoms with Crippen molar-refractivity contribution in [3.05, 3.63) is 72.3 Å². The molecule has 0 fully saturated rings. The summed E-state index contributed by atoms with van der Waals surface area (Å²) in [5.74, 6) is 0. The second-order valence-electron chi connectivity index (χ2n) is 4.29. The Hall–Kier alpha value is -2.06. The van der Waals surface area contributed by atoms with Crippen LogP contribution in [0.5, 0.6) is 0 Å². The zero-order chi connectivity index (χ0) is 13.3. The van der Waals surface area contributed by atoms with Crippen LogP contribution >= 0.6 is 0 Å². The molecule has 2 aromatic rings. The molecule has 1 N–H and O–H groups in total. The van der Waals surface area contributed by atoms with E-state index in [1.807, 2.05) is 48.5 Å². The van der Waals surface area contributed by atoms with Crippen molar-refractivity contribution < 1.29 is 4.74 Å². The first-order valence-electron chi connectivity index (χ1n) is 6.46. The monoisotopic (exact) mass is 253 g/mol. The van der Waals surface area contributed by atoms with E-state index < -0.39 is 0 Å². The van der Waals surface area contributed by atoms with Gasteiger partial charge in [-0.2, -0.15) is 0 Å². The number of nitrogens with one attached hydrogen (secondary N) is 1. The number of hydrogen-bond donors (Lipinski definition) is 1. The van der Waals surface area contributed by atoms with Crippen LogP contribution in [0.2, 0.25) is 0 Å². The summed E-state index contributed by atoms with van der Waals surface area (Å²) in [5, 5.41) is 3.31. The highest BCUT2D eigenvalue weighted by Gasteiger charge is 1.94. The molecule has 19 heavy (non-hydrogen) atoms. The first-order chi connectivity index (χ1) is 9.38. The molecule has 0 saturated carbocycles. The second-order valence-corrected chi connectivity index (χ2v) is 4.29. The Morgan fingerprint density at radius 3 is 2.42 bits per heavy atom. The summed E-state index contributed by atoms with van der Waals surface area (Å²) >= 11 is 0. The molecule has 0 aliphatic carbocycles. The molecule has 0 amide bonds. The molecule has 0 aliphatic heterocycles. The van der Waals surface area contributed by atoms with Gasteiger partial charge in [0.05, 0.1) is 13.2 Å². The molecule has 0 heterocycles. The van der Waals surface area contributed by atoms with Gasteiger partial charge in [-0.05, 0) is 23.3 Å². The fourth-order valence-corrected chi connectivity index (χ4v) is 1.76. The average Bonchev–Trinajstić information content (AvgIpc) is 2.49. The van der Waals surface area contributed by atoms with Crippen molar-refractivity contribution in [2.75, 3.05) is 18.5 Å². The first kappa shape index (κ1) is 13.4. The summed E-state index contributed by atoms with van der Waals surface area (Å²) in [6.07, 6.45) is 1.84. The largest absolute Gasteiger partial charge is 0.383 e. The molecule has 0 bridgehead atoms. The van der Waals surface area contributed by atoms with E-state index in [1.54, 1.807) is 0 Å². The summed E-state index contributed by atoms with van der Waals surface area (Å²) in [4.78, 5) is 0. The predicted octanol–water partition coefficient (Wildman–Crippen LogP) is 3.96. The minimum atomic E-state index is 0.647. The maximum absolute atomic E-state index is 5.63. The van der Waals surface area contributed by atoms with Gasteiger partial charge in [-0.25, -0.2) is 0 Å². The zero-order valence-corrected chi connectivity index (χ0v) is 11.0. The average molecular weight is 253 g/mol. The molecule has 0 aliphatic rings. The Labute approximate surface area is 114 Å². The number of hydrogen-bond acceptors (Lipinski definition) is 2. The first-order valence-corrected chi connectivity index (χ1v) is 6.46. The van der Waals surface area contributed by atoms with E-state index in [1.165, 1.54) is 5.56 Å². The molecule has 0 spiro atoms. The minimum absolute atomic E-state index is 0.647. The highest BCUT2D eigenvalue weighted by atomic mass is 16.5. The lowest BCUT2D eigenvalue weighted by molar-refractivity contribution is 0.130. The Kier molecular flexibility index (Phi) is 5.20. The highest BCUT2D eigenvalue weighted by molar-refractivity contribution is 5.47. The predicted molar refractivity (Wildman–Crippen MR) is 81.1 cm³/mol. The molecule has 2 rings (SSSR count). The minimum Gasteiger partial charge on any atom is -0.383 e. The fourth-order valence-electron chi connectivity index (χ4n) is 1.76. The van der Waals surface area contributed by atoms with Crippen molar-refractivity contribution in [1.29, 1.82) is 0 Å². The van der Waals surface area contributed by atoms with Crippen LogP contribution in [-0.2, 0) is 11.3 Å². The topological polar surface area (TPSA) is 21.3 Å². The summed E-state index contributed by atoms with van der Waals surface area (Å²) in [6.45, 7) is 5.89. The van der Waals surface area contributed by atoms with E-state index in [0.29, 0.717) is 13.2 Å². The van der Waals surface area contributed by atoms with Crippen molar-refractivity contribution in [2.45, 2.75) is 6.61 Å².